The molecule has 0 aliphatic carbocycles. The van der Waals surface area contributed by atoms with Gasteiger partial charge in [0.15, 0.2) is 15.0 Å². The molecule has 2 atom stereocenters. The molecule has 7 nitrogen and oxygen atoms in total. The molecule has 0 unspecified atom stereocenters. The molecular weight excluding hydrogens is 362 g/mol. The highest BCUT2D eigenvalue weighted by atomic mass is 32.2. The molecule has 2 heterocycles. The van der Waals surface area contributed by atoms with Gasteiger partial charge < -0.3 is 14.5 Å². The number of amides is 1. The standard InChI is InChI=1S/C16H21N3O4S2/c1-18(2)11-4-6-12(7-5-11)19-13-9-25(21,22)10-14(13)24-16(19)17-15(20)8-23-3/h4-7,13-14H,8-10H2,1-3H3/t13-,14-/m0/s1. The van der Waals surface area contributed by atoms with Gasteiger partial charge in [-0.05, 0) is 24.3 Å². The third-order valence-corrected chi connectivity index (χ3v) is 7.41. The predicted molar refractivity (Wildman–Crippen MR) is 101 cm³/mol. The normalized spacial score (nSPS) is 26.0. The van der Waals surface area contributed by atoms with Crippen LogP contribution in [0.1, 0.15) is 0 Å². The van der Waals surface area contributed by atoms with Crippen molar-refractivity contribution >= 4 is 44.0 Å². The first-order valence-corrected chi connectivity index (χ1v) is 10.5. The zero-order valence-electron chi connectivity index (χ0n) is 14.4. The number of fused-ring (bicyclic) bond motifs is 1. The van der Waals surface area contributed by atoms with Gasteiger partial charge in [0, 0.05) is 37.8 Å². The SMILES string of the molecule is COCC(=O)N=C1S[C@H]2CS(=O)(=O)C[C@@H]2N1c1ccc(N(C)C)cc1. The van der Waals surface area contributed by atoms with Crippen molar-refractivity contribution in [3.63, 3.8) is 0 Å². The van der Waals surface area contributed by atoms with Crippen molar-refractivity contribution in [1.29, 1.82) is 0 Å². The fraction of sp³-hybridized carbons (Fsp3) is 0.500. The van der Waals surface area contributed by atoms with Crippen LogP contribution < -0.4 is 9.80 Å². The number of nitrogens with zero attached hydrogens (tertiary/aromatic N) is 3. The highest BCUT2D eigenvalue weighted by Gasteiger charge is 2.49. The molecule has 1 amide bonds. The van der Waals surface area contributed by atoms with Crippen molar-refractivity contribution < 1.29 is 17.9 Å². The van der Waals surface area contributed by atoms with Gasteiger partial charge in [-0.3, -0.25) is 4.79 Å². The first-order chi connectivity index (χ1) is 11.8. The van der Waals surface area contributed by atoms with Crippen molar-refractivity contribution in [2.45, 2.75) is 11.3 Å². The molecule has 25 heavy (non-hydrogen) atoms. The van der Waals surface area contributed by atoms with Gasteiger partial charge in [0.25, 0.3) is 5.91 Å². The zero-order valence-corrected chi connectivity index (χ0v) is 16.0. The maximum absolute atomic E-state index is 12.0. The van der Waals surface area contributed by atoms with E-state index in [2.05, 4.69) is 4.99 Å². The van der Waals surface area contributed by atoms with Crippen molar-refractivity contribution in [2.24, 2.45) is 4.99 Å². The molecule has 0 radical (unpaired) electrons. The molecule has 0 saturated carbocycles. The minimum atomic E-state index is -3.07. The van der Waals surface area contributed by atoms with Gasteiger partial charge in [-0.1, -0.05) is 11.8 Å². The highest BCUT2D eigenvalue weighted by Crippen LogP contribution is 2.41. The summed E-state index contributed by atoms with van der Waals surface area (Å²) in [6, 6.07) is 7.59. The monoisotopic (exact) mass is 383 g/mol. The molecule has 0 bridgehead atoms. The fourth-order valence-electron chi connectivity index (χ4n) is 3.04. The van der Waals surface area contributed by atoms with Crippen molar-refractivity contribution in [2.75, 3.05) is 49.1 Å². The van der Waals surface area contributed by atoms with E-state index in [-0.39, 0.29) is 35.3 Å². The summed E-state index contributed by atoms with van der Waals surface area (Å²) in [5, 5.41) is 0.442. The summed E-state index contributed by atoms with van der Waals surface area (Å²) in [7, 11) is 2.29. The highest BCUT2D eigenvalue weighted by molar-refractivity contribution is 8.16. The quantitative estimate of drug-likeness (QED) is 0.767. The van der Waals surface area contributed by atoms with Gasteiger partial charge in [-0.15, -0.1) is 0 Å². The summed E-state index contributed by atoms with van der Waals surface area (Å²) in [5.74, 6) is -0.174. The molecule has 9 heteroatoms. The fourth-order valence-corrected chi connectivity index (χ4v) is 6.97. The minimum Gasteiger partial charge on any atom is -0.378 e. The Morgan fingerprint density at radius 3 is 2.60 bits per heavy atom. The first-order valence-electron chi connectivity index (χ1n) is 7.85. The lowest BCUT2D eigenvalue weighted by atomic mass is 10.2. The van der Waals surface area contributed by atoms with Crippen molar-refractivity contribution in [1.82, 2.24) is 0 Å². The summed E-state index contributed by atoms with van der Waals surface area (Å²) < 4.78 is 28.9. The molecule has 0 spiro atoms. The van der Waals surface area contributed by atoms with Crippen LogP contribution in [-0.4, -0.2) is 70.1 Å². The average Bonchev–Trinajstić information content (AvgIpc) is 2.98. The summed E-state index contributed by atoms with van der Waals surface area (Å²) in [6.07, 6.45) is 0. The summed E-state index contributed by atoms with van der Waals surface area (Å²) in [4.78, 5) is 19.9. The van der Waals surface area contributed by atoms with E-state index < -0.39 is 9.84 Å². The second-order valence-corrected chi connectivity index (χ2v) is 9.66. The van der Waals surface area contributed by atoms with E-state index in [0.29, 0.717) is 5.17 Å². The number of amidine groups is 1. The van der Waals surface area contributed by atoms with Crippen molar-refractivity contribution in [3.05, 3.63) is 24.3 Å². The number of carbonyl (C=O) groups is 1. The number of aliphatic imine (C=N–C) groups is 1. The minimum absolute atomic E-state index is 0.0809. The summed E-state index contributed by atoms with van der Waals surface area (Å²) in [6.45, 7) is -0.0922. The summed E-state index contributed by atoms with van der Waals surface area (Å²) >= 11 is 1.36. The molecule has 1 aromatic carbocycles. The molecular formula is C16H21N3O4S2. The smallest absolute Gasteiger partial charge is 0.274 e. The molecule has 2 fully saturated rings. The second kappa shape index (κ2) is 6.97. The Morgan fingerprint density at radius 1 is 1.32 bits per heavy atom. The average molecular weight is 383 g/mol. The molecule has 0 aromatic heterocycles. The van der Waals surface area contributed by atoms with Crippen LogP contribution in [-0.2, 0) is 19.4 Å². The predicted octanol–water partition coefficient (Wildman–Crippen LogP) is 1.00. The van der Waals surface area contributed by atoms with Crippen LogP contribution in [0.2, 0.25) is 0 Å². The van der Waals surface area contributed by atoms with Gasteiger partial charge in [0.1, 0.15) is 6.61 Å². The topological polar surface area (TPSA) is 79.3 Å². The van der Waals surface area contributed by atoms with Crippen LogP contribution >= 0.6 is 11.8 Å². The maximum atomic E-state index is 12.0. The number of methoxy groups -OCH3 is 1. The van der Waals surface area contributed by atoms with E-state index in [4.69, 9.17) is 4.74 Å². The van der Waals surface area contributed by atoms with E-state index in [1.165, 1.54) is 18.9 Å². The van der Waals surface area contributed by atoms with E-state index in [1.807, 2.05) is 48.2 Å². The number of ether oxygens (including phenoxy) is 1. The molecule has 2 aliphatic heterocycles. The molecule has 1 aromatic rings. The summed E-state index contributed by atoms with van der Waals surface area (Å²) in [5.41, 5.74) is 1.88. The van der Waals surface area contributed by atoms with Crippen LogP contribution in [0.5, 0.6) is 0 Å². The Hall–Kier alpha value is -1.58. The van der Waals surface area contributed by atoms with Gasteiger partial charge >= 0.3 is 0 Å². The van der Waals surface area contributed by atoms with Gasteiger partial charge in [0.2, 0.25) is 0 Å². The van der Waals surface area contributed by atoms with E-state index in [0.717, 1.165) is 11.4 Å². The molecule has 0 N–H and O–H groups in total. The maximum Gasteiger partial charge on any atom is 0.274 e. The van der Waals surface area contributed by atoms with Crippen LogP contribution in [0.15, 0.2) is 29.3 Å². The third-order valence-electron chi connectivity index (χ3n) is 4.20. The largest absolute Gasteiger partial charge is 0.378 e. The van der Waals surface area contributed by atoms with Crippen LogP contribution in [0.25, 0.3) is 0 Å². The van der Waals surface area contributed by atoms with Gasteiger partial charge in [0.05, 0.1) is 17.5 Å². The van der Waals surface area contributed by atoms with Crippen LogP contribution in [0.3, 0.4) is 0 Å². The Morgan fingerprint density at radius 2 is 2.00 bits per heavy atom. The Labute approximate surface area is 152 Å². The van der Waals surface area contributed by atoms with E-state index in [9.17, 15) is 13.2 Å². The van der Waals surface area contributed by atoms with Crippen LogP contribution in [0.4, 0.5) is 11.4 Å². The third kappa shape index (κ3) is 3.83. The van der Waals surface area contributed by atoms with E-state index >= 15 is 0 Å². The first kappa shape index (κ1) is 18.2. The molecule has 136 valence electrons. The lowest BCUT2D eigenvalue weighted by Crippen LogP contribution is -2.37. The van der Waals surface area contributed by atoms with Gasteiger partial charge in [-0.2, -0.15) is 4.99 Å². The number of thioether (sulfide) groups is 1. The Balaban J connectivity index is 1.96. The number of anilines is 2. The number of rotatable bonds is 4. The number of hydrogen-bond donors (Lipinski definition) is 0. The zero-order chi connectivity index (χ0) is 18.2. The lowest BCUT2D eigenvalue weighted by Gasteiger charge is -2.25. The lowest BCUT2D eigenvalue weighted by molar-refractivity contribution is -0.121. The van der Waals surface area contributed by atoms with E-state index in [1.54, 1.807) is 0 Å². The number of carbonyl (C=O) groups excluding carboxylic acids is 1. The molecule has 3 rings (SSSR count). The van der Waals surface area contributed by atoms with Gasteiger partial charge in [-0.25, -0.2) is 8.42 Å². The second-order valence-electron chi connectivity index (χ2n) is 6.30. The Bertz CT molecular complexity index is 790. The van der Waals surface area contributed by atoms with Crippen LogP contribution in [0, 0.1) is 0 Å². The molecule has 2 aliphatic rings. The Kier molecular flexibility index (Phi) is 5.08. The number of hydrogen-bond acceptors (Lipinski definition) is 6. The number of benzene rings is 1. The number of sulfone groups is 1. The van der Waals surface area contributed by atoms with Crippen molar-refractivity contribution in [3.8, 4) is 0 Å². The molecule has 2 saturated heterocycles.